The molecule has 1 fully saturated rings. The molecule has 1 aliphatic rings. The van der Waals surface area contributed by atoms with Crippen LogP contribution in [0.15, 0.2) is 52.4 Å². The fourth-order valence-electron chi connectivity index (χ4n) is 3.36. The largest absolute Gasteiger partial charge is 0.441 e. The first-order valence-electron chi connectivity index (χ1n) is 9.41. The molecule has 0 unspecified atom stereocenters. The Morgan fingerprint density at radius 2 is 1.96 bits per heavy atom. The van der Waals surface area contributed by atoms with Crippen LogP contribution in [0.2, 0.25) is 5.02 Å². The van der Waals surface area contributed by atoms with Crippen molar-refractivity contribution in [3.63, 3.8) is 0 Å². The topological polar surface area (TPSA) is 49.6 Å². The summed E-state index contributed by atoms with van der Waals surface area (Å²) in [5, 5.41) is 2.73. The van der Waals surface area contributed by atoms with Crippen LogP contribution in [0.3, 0.4) is 0 Å². The number of amides is 1. The average molecular weight is 416 g/mol. The van der Waals surface area contributed by atoms with Crippen molar-refractivity contribution >= 4 is 28.8 Å². The molecule has 0 bridgehead atoms. The maximum absolute atomic E-state index is 12.5. The standard InChI is InChI=1S/C21H22ClN3O2S/c22-18-6-2-1-5-17(18)19-14-23-20(27-19)7-8-21(26)25-11-9-24(10-12-25)15-16-4-3-13-28-16/h1-6,13-14H,7-12,15H2. The lowest BCUT2D eigenvalue weighted by Crippen LogP contribution is -2.48. The normalized spacial score (nSPS) is 15.1. The number of aryl methyl sites for hydroxylation is 1. The molecule has 0 radical (unpaired) electrons. The van der Waals surface area contributed by atoms with Gasteiger partial charge in [0.1, 0.15) is 0 Å². The molecule has 0 atom stereocenters. The third-order valence-corrected chi connectivity index (χ3v) is 6.12. The van der Waals surface area contributed by atoms with Crippen molar-refractivity contribution in [2.24, 2.45) is 0 Å². The van der Waals surface area contributed by atoms with Crippen LogP contribution in [0.5, 0.6) is 0 Å². The quantitative estimate of drug-likeness (QED) is 0.601. The van der Waals surface area contributed by atoms with Gasteiger partial charge < -0.3 is 9.32 Å². The summed E-state index contributed by atoms with van der Waals surface area (Å²) in [6.45, 7) is 4.36. The number of carbonyl (C=O) groups is 1. The molecule has 0 aliphatic carbocycles. The van der Waals surface area contributed by atoms with E-state index in [1.165, 1.54) is 4.88 Å². The first kappa shape index (κ1) is 19.2. The number of rotatable bonds is 6. The van der Waals surface area contributed by atoms with Crippen molar-refractivity contribution in [1.82, 2.24) is 14.8 Å². The van der Waals surface area contributed by atoms with E-state index in [0.29, 0.717) is 29.5 Å². The fraction of sp³-hybridized carbons (Fsp3) is 0.333. The third kappa shape index (κ3) is 4.63. The Labute approximate surface area is 173 Å². The highest BCUT2D eigenvalue weighted by Gasteiger charge is 2.21. The van der Waals surface area contributed by atoms with Crippen molar-refractivity contribution in [2.45, 2.75) is 19.4 Å². The fourth-order valence-corrected chi connectivity index (χ4v) is 4.34. The summed E-state index contributed by atoms with van der Waals surface area (Å²) < 4.78 is 5.79. The first-order valence-corrected chi connectivity index (χ1v) is 10.7. The van der Waals surface area contributed by atoms with E-state index < -0.39 is 0 Å². The third-order valence-electron chi connectivity index (χ3n) is 4.93. The number of aromatic nitrogens is 1. The smallest absolute Gasteiger partial charge is 0.223 e. The number of oxazole rings is 1. The predicted molar refractivity (Wildman–Crippen MR) is 111 cm³/mol. The Hall–Kier alpha value is -2.15. The second kappa shape index (κ2) is 8.90. The number of carbonyl (C=O) groups excluding carboxylic acids is 1. The number of hydrogen-bond donors (Lipinski definition) is 0. The Kier molecular flexibility index (Phi) is 6.10. The van der Waals surface area contributed by atoms with Crippen molar-refractivity contribution in [1.29, 1.82) is 0 Å². The van der Waals surface area contributed by atoms with E-state index in [-0.39, 0.29) is 5.91 Å². The number of thiophene rings is 1. The van der Waals surface area contributed by atoms with Gasteiger partial charge in [0.05, 0.1) is 11.2 Å². The highest BCUT2D eigenvalue weighted by molar-refractivity contribution is 7.09. The molecule has 4 rings (SSSR count). The average Bonchev–Trinajstić information content (AvgIpc) is 3.39. The van der Waals surface area contributed by atoms with Gasteiger partial charge in [0.2, 0.25) is 5.91 Å². The van der Waals surface area contributed by atoms with Crippen LogP contribution in [-0.2, 0) is 17.8 Å². The van der Waals surface area contributed by atoms with E-state index >= 15 is 0 Å². The molecule has 1 aromatic carbocycles. The number of piperazine rings is 1. The highest BCUT2D eigenvalue weighted by atomic mass is 35.5. The number of hydrogen-bond acceptors (Lipinski definition) is 5. The van der Waals surface area contributed by atoms with E-state index in [0.717, 1.165) is 38.3 Å². The SMILES string of the molecule is O=C(CCc1ncc(-c2ccccc2Cl)o1)N1CCN(Cc2cccs2)CC1. The number of halogens is 1. The molecule has 28 heavy (non-hydrogen) atoms. The summed E-state index contributed by atoms with van der Waals surface area (Å²) in [7, 11) is 0. The number of nitrogens with zero attached hydrogens (tertiary/aromatic N) is 3. The van der Waals surface area contributed by atoms with Gasteiger partial charge in [0, 0.05) is 56.0 Å². The summed E-state index contributed by atoms with van der Waals surface area (Å²) >= 11 is 7.98. The molecule has 3 aromatic rings. The molecule has 0 saturated carbocycles. The molecule has 3 heterocycles. The summed E-state index contributed by atoms with van der Waals surface area (Å²) in [5.74, 6) is 1.36. The van der Waals surface area contributed by atoms with Gasteiger partial charge in [0.15, 0.2) is 11.7 Å². The zero-order chi connectivity index (χ0) is 19.3. The van der Waals surface area contributed by atoms with Gasteiger partial charge >= 0.3 is 0 Å². The Morgan fingerprint density at radius 3 is 2.71 bits per heavy atom. The molecule has 5 nitrogen and oxygen atoms in total. The van der Waals surface area contributed by atoms with E-state index in [4.69, 9.17) is 16.0 Å². The van der Waals surface area contributed by atoms with Gasteiger partial charge in [-0.2, -0.15) is 0 Å². The van der Waals surface area contributed by atoms with Crippen molar-refractivity contribution < 1.29 is 9.21 Å². The second-order valence-electron chi connectivity index (χ2n) is 6.83. The Bertz CT molecular complexity index is 917. The van der Waals surface area contributed by atoms with Crippen LogP contribution in [0.25, 0.3) is 11.3 Å². The van der Waals surface area contributed by atoms with Crippen LogP contribution in [0, 0.1) is 0 Å². The first-order chi connectivity index (χ1) is 13.7. The molecular weight excluding hydrogens is 394 g/mol. The minimum Gasteiger partial charge on any atom is -0.441 e. The summed E-state index contributed by atoms with van der Waals surface area (Å²) in [6, 6.07) is 11.7. The lowest BCUT2D eigenvalue weighted by molar-refractivity contribution is -0.133. The predicted octanol–water partition coefficient (Wildman–Crippen LogP) is 4.33. The van der Waals surface area contributed by atoms with E-state index in [9.17, 15) is 4.79 Å². The van der Waals surface area contributed by atoms with Gasteiger partial charge in [-0.1, -0.05) is 29.8 Å². The maximum atomic E-state index is 12.5. The van der Waals surface area contributed by atoms with Crippen LogP contribution in [0.4, 0.5) is 0 Å². The van der Waals surface area contributed by atoms with Gasteiger partial charge in [-0.25, -0.2) is 4.98 Å². The minimum absolute atomic E-state index is 0.160. The summed E-state index contributed by atoms with van der Waals surface area (Å²) in [5.41, 5.74) is 0.816. The summed E-state index contributed by atoms with van der Waals surface area (Å²) in [4.78, 5) is 22.6. The van der Waals surface area contributed by atoms with Gasteiger partial charge in [0.25, 0.3) is 0 Å². The second-order valence-corrected chi connectivity index (χ2v) is 8.27. The lowest BCUT2D eigenvalue weighted by atomic mass is 10.2. The summed E-state index contributed by atoms with van der Waals surface area (Å²) in [6.07, 6.45) is 2.58. The van der Waals surface area contributed by atoms with E-state index in [1.54, 1.807) is 17.5 Å². The van der Waals surface area contributed by atoms with Gasteiger partial charge in [-0.15, -0.1) is 11.3 Å². The molecule has 0 N–H and O–H groups in total. The van der Waals surface area contributed by atoms with Crippen LogP contribution in [0.1, 0.15) is 17.2 Å². The molecular formula is C21H22ClN3O2S. The molecule has 1 amide bonds. The van der Waals surface area contributed by atoms with Crippen molar-refractivity contribution in [3.8, 4) is 11.3 Å². The zero-order valence-electron chi connectivity index (χ0n) is 15.5. The molecule has 0 spiro atoms. The molecule has 146 valence electrons. The Morgan fingerprint density at radius 1 is 1.14 bits per heavy atom. The highest BCUT2D eigenvalue weighted by Crippen LogP contribution is 2.28. The maximum Gasteiger partial charge on any atom is 0.223 e. The number of benzene rings is 1. The lowest BCUT2D eigenvalue weighted by Gasteiger charge is -2.34. The monoisotopic (exact) mass is 415 g/mol. The van der Waals surface area contributed by atoms with Crippen LogP contribution < -0.4 is 0 Å². The van der Waals surface area contributed by atoms with Crippen molar-refractivity contribution in [2.75, 3.05) is 26.2 Å². The molecule has 1 saturated heterocycles. The van der Waals surface area contributed by atoms with E-state index in [1.807, 2.05) is 29.2 Å². The van der Waals surface area contributed by atoms with Gasteiger partial charge in [-0.05, 0) is 23.6 Å². The zero-order valence-corrected chi connectivity index (χ0v) is 17.1. The Balaban J connectivity index is 1.26. The van der Waals surface area contributed by atoms with E-state index in [2.05, 4.69) is 27.4 Å². The van der Waals surface area contributed by atoms with Crippen LogP contribution in [-0.4, -0.2) is 46.9 Å². The molecule has 7 heteroatoms. The molecule has 2 aromatic heterocycles. The van der Waals surface area contributed by atoms with Crippen molar-refractivity contribution in [3.05, 3.63) is 63.8 Å². The van der Waals surface area contributed by atoms with Gasteiger partial charge in [-0.3, -0.25) is 9.69 Å². The minimum atomic E-state index is 0.160. The van der Waals surface area contributed by atoms with Crippen LogP contribution >= 0.6 is 22.9 Å². The molecule has 1 aliphatic heterocycles.